The van der Waals surface area contributed by atoms with E-state index < -0.39 is 0 Å². The van der Waals surface area contributed by atoms with E-state index in [-0.39, 0.29) is 18.0 Å². The third kappa shape index (κ3) is 4.74. The van der Waals surface area contributed by atoms with Crippen molar-refractivity contribution >= 4 is 29.2 Å². The first kappa shape index (κ1) is 16.8. The van der Waals surface area contributed by atoms with Gasteiger partial charge in [0.25, 0.3) is 5.91 Å². The normalized spacial score (nSPS) is 19.6. The fourth-order valence-corrected chi connectivity index (χ4v) is 2.93. The summed E-state index contributed by atoms with van der Waals surface area (Å²) in [5.41, 5.74) is 0.945. The fourth-order valence-electron chi connectivity index (χ4n) is 2.72. The number of halogens is 1. The van der Waals surface area contributed by atoms with Crippen molar-refractivity contribution in [1.82, 2.24) is 10.6 Å². The van der Waals surface area contributed by atoms with Crippen molar-refractivity contribution in [3.05, 3.63) is 40.9 Å². The molecule has 0 aromatic heterocycles. The molecule has 3 rings (SSSR count). The van der Waals surface area contributed by atoms with Crippen LogP contribution >= 0.6 is 11.6 Å². The molecule has 1 atom stereocenters. The highest BCUT2D eigenvalue weighted by atomic mass is 35.5. The smallest absolute Gasteiger partial charge is 0.319 e. The van der Waals surface area contributed by atoms with Crippen LogP contribution in [-0.4, -0.2) is 24.5 Å². The van der Waals surface area contributed by atoms with E-state index >= 15 is 0 Å². The van der Waals surface area contributed by atoms with E-state index in [0.717, 1.165) is 32.1 Å². The molecule has 5 nitrogen and oxygen atoms in total. The SMILES string of the molecule is O=C(NCC1CC=CCC1)Nc1ccc(Cl)c(C(=O)NC2CC2)c1. The Morgan fingerprint density at radius 1 is 1.17 bits per heavy atom. The molecule has 2 aliphatic carbocycles. The van der Waals surface area contributed by atoms with E-state index in [1.165, 1.54) is 0 Å². The maximum Gasteiger partial charge on any atom is 0.319 e. The van der Waals surface area contributed by atoms with Gasteiger partial charge in [-0.15, -0.1) is 0 Å². The van der Waals surface area contributed by atoms with Crippen LogP contribution in [0, 0.1) is 5.92 Å². The van der Waals surface area contributed by atoms with Gasteiger partial charge >= 0.3 is 6.03 Å². The van der Waals surface area contributed by atoms with Crippen molar-refractivity contribution in [3.63, 3.8) is 0 Å². The molecule has 6 heteroatoms. The minimum atomic E-state index is -0.263. The van der Waals surface area contributed by atoms with Gasteiger partial charge in [-0.05, 0) is 56.2 Å². The number of urea groups is 1. The minimum absolute atomic E-state index is 0.194. The number of nitrogens with one attached hydrogen (secondary N) is 3. The van der Waals surface area contributed by atoms with Crippen molar-refractivity contribution < 1.29 is 9.59 Å². The number of carbonyl (C=O) groups excluding carboxylic acids is 2. The second kappa shape index (κ2) is 7.71. The first-order valence-corrected chi connectivity index (χ1v) is 8.80. The highest BCUT2D eigenvalue weighted by Crippen LogP contribution is 2.24. The zero-order chi connectivity index (χ0) is 16.9. The Bertz CT molecular complexity index is 656. The van der Waals surface area contributed by atoms with Gasteiger partial charge < -0.3 is 16.0 Å². The van der Waals surface area contributed by atoms with Gasteiger partial charge in [0.1, 0.15) is 0 Å². The number of hydrogen-bond acceptors (Lipinski definition) is 2. The molecule has 1 unspecified atom stereocenters. The van der Waals surface area contributed by atoms with Crippen molar-refractivity contribution in [1.29, 1.82) is 0 Å². The maximum absolute atomic E-state index is 12.2. The molecule has 3 amide bonds. The zero-order valence-electron chi connectivity index (χ0n) is 13.5. The molecule has 1 aromatic carbocycles. The summed E-state index contributed by atoms with van der Waals surface area (Å²) in [5.74, 6) is 0.298. The van der Waals surface area contributed by atoms with Crippen molar-refractivity contribution in [2.75, 3.05) is 11.9 Å². The Morgan fingerprint density at radius 2 is 2.00 bits per heavy atom. The number of amides is 3. The molecular weight excluding hydrogens is 326 g/mol. The lowest BCUT2D eigenvalue weighted by Crippen LogP contribution is -2.33. The van der Waals surface area contributed by atoms with E-state index in [4.69, 9.17) is 11.6 Å². The molecule has 24 heavy (non-hydrogen) atoms. The fraction of sp³-hybridized carbons (Fsp3) is 0.444. The molecule has 0 saturated heterocycles. The Labute approximate surface area is 146 Å². The van der Waals surface area contributed by atoms with Crippen LogP contribution < -0.4 is 16.0 Å². The molecule has 1 fully saturated rings. The highest BCUT2D eigenvalue weighted by molar-refractivity contribution is 6.34. The van der Waals surface area contributed by atoms with E-state index in [0.29, 0.717) is 28.7 Å². The number of anilines is 1. The summed E-state index contributed by atoms with van der Waals surface area (Å²) in [6.07, 6.45) is 9.55. The van der Waals surface area contributed by atoms with E-state index in [1.807, 2.05) is 0 Å². The molecule has 0 spiro atoms. The van der Waals surface area contributed by atoms with Gasteiger partial charge in [-0.25, -0.2) is 4.79 Å². The van der Waals surface area contributed by atoms with Crippen LogP contribution in [0.15, 0.2) is 30.4 Å². The van der Waals surface area contributed by atoms with Crippen LogP contribution in [0.3, 0.4) is 0 Å². The molecule has 128 valence electrons. The Morgan fingerprint density at radius 3 is 2.71 bits per heavy atom. The van der Waals surface area contributed by atoms with Gasteiger partial charge in [0.2, 0.25) is 0 Å². The molecule has 2 aliphatic rings. The van der Waals surface area contributed by atoms with Gasteiger partial charge in [-0.2, -0.15) is 0 Å². The second-order valence-corrected chi connectivity index (χ2v) is 6.84. The first-order chi connectivity index (χ1) is 11.6. The largest absolute Gasteiger partial charge is 0.349 e. The second-order valence-electron chi connectivity index (χ2n) is 6.43. The van der Waals surface area contributed by atoms with Crippen LogP contribution in [0.25, 0.3) is 0 Å². The first-order valence-electron chi connectivity index (χ1n) is 8.42. The number of hydrogen-bond donors (Lipinski definition) is 3. The number of carbonyl (C=O) groups is 2. The van der Waals surface area contributed by atoms with E-state index in [1.54, 1.807) is 18.2 Å². The Balaban J connectivity index is 1.54. The van der Waals surface area contributed by atoms with E-state index in [9.17, 15) is 9.59 Å². The standard InChI is InChI=1S/C18H22ClN3O2/c19-16-9-8-14(10-15(16)17(23)21-13-6-7-13)22-18(24)20-11-12-4-2-1-3-5-12/h1-2,8-10,12-13H,3-7,11H2,(H,21,23)(H2,20,22,24). The average Bonchev–Trinajstić information content (AvgIpc) is 3.39. The molecule has 1 saturated carbocycles. The van der Waals surface area contributed by atoms with Crippen molar-refractivity contribution in [2.24, 2.45) is 5.92 Å². The molecular formula is C18H22ClN3O2. The van der Waals surface area contributed by atoms with Gasteiger partial charge in [-0.3, -0.25) is 4.79 Å². The van der Waals surface area contributed by atoms with Crippen LogP contribution in [0.4, 0.5) is 10.5 Å². The summed E-state index contributed by atoms with van der Waals surface area (Å²) in [6.45, 7) is 0.652. The number of allylic oxidation sites excluding steroid dienone is 2. The molecule has 0 aliphatic heterocycles. The van der Waals surface area contributed by atoms with E-state index in [2.05, 4.69) is 28.1 Å². The summed E-state index contributed by atoms with van der Waals surface area (Å²) in [7, 11) is 0. The summed E-state index contributed by atoms with van der Waals surface area (Å²) >= 11 is 6.10. The lowest BCUT2D eigenvalue weighted by Gasteiger charge is -2.18. The Hall–Kier alpha value is -2.01. The minimum Gasteiger partial charge on any atom is -0.349 e. The molecule has 0 radical (unpaired) electrons. The number of rotatable bonds is 5. The third-order valence-electron chi connectivity index (χ3n) is 4.31. The molecule has 0 heterocycles. The lowest BCUT2D eigenvalue weighted by molar-refractivity contribution is 0.0951. The van der Waals surface area contributed by atoms with Gasteiger partial charge in [0.15, 0.2) is 0 Å². The zero-order valence-corrected chi connectivity index (χ0v) is 14.2. The van der Waals surface area contributed by atoms with Gasteiger partial charge in [-0.1, -0.05) is 23.8 Å². The van der Waals surface area contributed by atoms with Gasteiger partial charge in [0.05, 0.1) is 10.6 Å². The average molecular weight is 348 g/mol. The monoisotopic (exact) mass is 347 g/mol. The predicted octanol–water partition coefficient (Wildman–Crippen LogP) is 3.71. The predicted molar refractivity (Wildman–Crippen MR) is 95.4 cm³/mol. The van der Waals surface area contributed by atoms with Crippen LogP contribution in [0.5, 0.6) is 0 Å². The molecule has 0 bridgehead atoms. The van der Waals surface area contributed by atoms with Gasteiger partial charge in [0, 0.05) is 18.3 Å². The van der Waals surface area contributed by atoms with Crippen molar-refractivity contribution in [3.8, 4) is 0 Å². The van der Waals surface area contributed by atoms with Crippen molar-refractivity contribution in [2.45, 2.75) is 38.1 Å². The third-order valence-corrected chi connectivity index (χ3v) is 4.64. The topological polar surface area (TPSA) is 70.2 Å². The maximum atomic E-state index is 12.2. The van der Waals surface area contributed by atoms with Crippen LogP contribution in [-0.2, 0) is 0 Å². The quantitative estimate of drug-likeness (QED) is 0.710. The molecule has 1 aromatic rings. The van der Waals surface area contributed by atoms with Crippen LogP contribution in [0.2, 0.25) is 5.02 Å². The summed E-state index contributed by atoms with van der Waals surface area (Å²) in [5, 5.41) is 8.94. The summed E-state index contributed by atoms with van der Waals surface area (Å²) in [6, 6.07) is 4.94. The van der Waals surface area contributed by atoms with Crippen LogP contribution in [0.1, 0.15) is 42.5 Å². The summed E-state index contributed by atoms with van der Waals surface area (Å²) < 4.78 is 0. The lowest BCUT2D eigenvalue weighted by atomic mass is 9.94. The molecule has 3 N–H and O–H groups in total. The number of benzene rings is 1. The summed E-state index contributed by atoms with van der Waals surface area (Å²) in [4.78, 5) is 24.2. The highest BCUT2D eigenvalue weighted by Gasteiger charge is 2.25. The Kier molecular flexibility index (Phi) is 5.41.